The molecule has 1 rings (SSSR count). The van der Waals surface area contributed by atoms with Gasteiger partial charge in [0, 0.05) is 6.54 Å². The molecule has 1 heterocycles. The van der Waals surface area contributed by atoms with E-state index in [1.165, 1.54) is 0 Å². The van der Waals surface area contributed by atoms with E-state index in [9.17, 15) is 18.0 Å². The first-order valence-corrected chi connectivity index (χ1v) is 5.64. The Morgan fingerprint density at radius 2 is 2.11 bits per heavy atom. The van der Waals surface area contributed by atoms with E-state index >= 15 is 0 Å². The van der Waals surface area contributed by atoms with Crippen molar-refractivity contribution >= 4 is 17.3 Å². The van der Waals surface area contributed by atoms with E-state index in [0.717, 1.165) is 6.20 Å². The fourth-order valence-corrected chi connectivity index (χ4v) is 1.40. The Hall–Kier alpha value is -1.24. The highest BCUT2D eigenvalue weighted by Gasteiger charge is 2.29. The van der Waals surface area contributed by atoms with Gasteiger partial charge in [-0.1, -0.05) is 25.4 Å². The molecule has 1 aromatic heterocycles. The topological polar surface area (TPSA) is 46.9 Å². The van der Waals surface area contributed by atoms with E-state index < -0.39 is 18.3 Å². The van der Waals surface area contributed by atoms with Crippen LogP contribution in [-0.2, 0) is 6.54 Å². The fourth-order valence-electron chi connectivity index (χ4n) is 1.18. The lowest BCUT2D eigenvalue weighted by molar-refractivity contribution is -0.143. The van der Waals surface area contributed by atoms with Gasteiger partial charge < -0.3 is 5.32 Å². The molecule has 0 atom stereocenters. The van der Waals surface area contributed by atoms with Crippen LogP contribution >= 0.6 is 11.6 Å². The second-order valence-corrected chi connectivity index (χ2v) is 4.60. The molecule has 1 aromatic rings. The molecular formula is C10H13ClF3N3O. The molecule has 0 aliphatic carbocycles. The lowest BCUT2D eigenvalue weighted by Gasteiger charge is -2.12. The molecule has 0 spiro atoms. The van der Waals surface area contributed by atoms with Crippen molar-refractivity contribution in [3.63, 3.8) is 0 Å². The van der Waals surface area contributed by atoms with Gasteiger partial charge in [-0.15, -0.1) is 0 Å². The molecule has 0 unspecified atom stereocenters. The lowest BCUT2D eigenvalue weighted by Crippen LogP contribution is -2.31. The lowest BCUT2D eigenvalue weighted by atomic mass is 10.2. The van der Waals surface area contributed by atoms with Gasteiger partial charge in [-0.2, -0.15) is 18.3 Å². The van der Waals surface area contributed by atoms with Crippen LogP contribution in [0.5, 0.6) is 0 Å². The molecule has 0 aliphatic rings. The highest BCUT2D eigenvalue weighted by atomic mass is 35.5. The molecule has 102 valence electrons. The molecule has 0 fully saturated rings. The van der Waals surface area contributed by atoms with Crippen molar-refractivity contribution in [1.82, 2.24) is 9.78 Å². The van der Waals surface area contributed by atoms with Gasteiger partial charge in [-0.25, -0.2) is 4.68 Å². The van der Waals surface area contributed by atoms with Crippen LogP contribution in [-0.4, -0.2) is 22.5 Å². The third-order valence-corrected chi connectivity index (χ3v) is 2.38. The van der Waals surface area contributed by atoms with Crippen LogP contribution in [0.15, 0.2) is 11.0 Å². The predicted octanol–water partition coefficient (Wildman–Crippen LogP) is 2.53. The molecule has 1 N–H and O–H groups in total. The first-order valence-electron chi connectivity index (χ1n) is 5.27. The summed E-state index contributed by atoms with van der Waals surface area (Å²) in [6.07, 6.45) is -3.38. The van der Waals surface area contributed by atoms with Crippen LogP contribution in [0, 0.1) is 5.92 Å². The number of hydrogen-bond donors (Lipinski definition) is 1. The second-order valence-electron chi connectivity index (χ2n) is 4.22. The van der Waals surface area contributed by atoms with E-state index in [0.29, 0.717) is 17.1 Å². The maximum Gasteiger partial charge on any atom is 0.408 e. The van der Waals surface area contributed by atoms with Crippen molar-refractivity contribution in [2.45, 2.75) is 26.6 Å². The molecule has 8 heteroatoms. The number of hydrogen-bond acceptors (Lipinski definition) is 3. The number of alkyl halides is 3. The monoisotopic (exact) mass is 283 g/mol. The number of nitrogens with zero attached hydrogens (tertiary/aromatic N) is 2. The Kier molecular flexibility index (Phi) is 4.61. The van der Waals surface area contributed by atoms with Crippen molar-refractivity contribution < 1.29 is 13.2 Å². The molecule has 0 aliphatic heterocycles. The quantitative estimate of drug-likeness (QED) is 0.924. The van der Waals surface area contributed by atoms with Crippen LogP contribution in [0.1, 0.15) is 13.8 Å². The van der Waals surface area contributed by atoms with Crippen LogP contribution in [0.4, 0.5) is 18.9 Å². The molecule has 0 aromatic carbocycles. The molecular weight excluding hydrogens is 271 g/mol. The Labute approximate surface area is 107 Å². The number of rotatable bonds is 4. The van der Waals surface area contributed by atoms with Gasteiger partial charge in [-0.05, 0) is 5.92 Å². The Morgan fingerprint density at radius 3 is 2.61 bits per heavy atom. The summed E-state index contributed by atoms with van der Waals surface area (Å²) in [7, 11) is 0. The van der Waals surface area contributed by atoms with Crippen molar-refractivity contribution in [3.8, 4) is 0 Å². The third-order valence-electron chi connectivity index (χ3n) is 2.01. The molecule has 0 saturated heterocycles. The normalized spacial score (nSPS) is 11.9. The summed E-state index contributed by atoms with van der Waals surface area (Å²) < 4.78 is 36.7. The Bertz CT molecular complexity index is 470. The maximum absolute atomic E-state index is 12.1. The zero-order valence-corrected chi connectivity index (χ0v) is 10.6. The third kappa shape index (κ3) is 4.21. The fraction of sp³-hybridized carbons (Fsp3) is 0.600. The zero-order valence-electron chi connectivity index (χ0n) is 9.88. The van der Waals surface area contributed by atoms with Crippen LogP contribution in [0.3, 0.4) is 0 Å². The summed E-state index contributed by atoms with van der Waals surface area (Å²) in [5.41, 5.74) is -0.712. The van der Waals surface area contributed by atoms with Crippen LogP contribution < -0.4 is 10.9 Å². The minimum Gasteiger partial charge on any atom is -0.382 e. The van der Waals surface area contributed by atoms with E-state index in [4.69, 9.17) is 11.6 Å². The van der Waals surface area contributed by atoms with Gasteiger partial charge in [0.25, 0.3) is 5.56 Å². The van der Waals surface area contributed by atoms with Crippen LogP contribution in [0.25, 0.3) is 0 Å². The Morgan fingerprint density at radius 1 is 1.50 bits per heavy atom. The summed E-state index contributed by atoms with van der Waals surface area (Å²) in [5.74, 6) is 0.304. The average Bonchev–Trinajstić information content (AvgIpc) is 2.22. The SMILES string of the molecule is CC(C)CNc1cnn(CC(F)(F)F)c(=O)c1Cl. The molecule has 0 saturated carbocycles. The number of anilines is 1. The van der Waals surface area contributed by atoms with Crippen molar-refractivity contribution in [2.24, 2.45) is 5.92 Å². The van der Waals surface area contributed by atoms with Crippen molar-refractivity contribution in [2.75, 3.05) is 11.9 Å². The number of nitrogens with one attached hydrogen (secondary N) is 1. The van der Waals surface area contributed by atoms with Crippen LogP contribution in [0.2, 0.25) is 5.02 Å². The van der Waals surface area contributed by atoms with Gasteiger partial charge in [0.1, 0.15) is 11.6 Å². The molecule has 18 heavy (non-hydrogen) atoms. The molecule has 4 nitrogen and oxygen atoms in total. The smallest absolute Gasteiger partial charge is 0.382 e. The van der Waals surface area contributed by atoms with Crippen molar-refractivity contribution in [1.29, 1.82) is 0 Å². The van der Waals surface area contributed by atoms with E-state index in [-0.39, 0.29) is 10.7 Å². The summed E-state index contributed by atoms with van der Waals surface area (Å²) >= 11 is 5.71. The Balaban J connectivity index is 2.95. The molecule has 0 amide bonds. The first kappa shape index (κ1) is 14.8. The summed E-state index contributed by atoms with van der Waals surface area (Å²) in [4.78, 5) is 11.5. The van der Waals surface area contributed by atoms with Crippen molar-refractivity contribution in [3.05, 3.63) is 21.6 Å². The van der Waals surface area contributed by atoms with E-state index in [1.54, 1.807) is 0 Å². The summed E-state index contributed by atoms with van der Waals surface area (Å²) in [6.45, 7) is 2.98. The average molecular weight is 284 g/mol. The van der Waals surface area contributed by atoms with Gasteiger partial charge in [0.2, 0.25) is 0 Å². The predicted molar refractivity (Wildman–Crippen MR) is 62.9 cm³/mol. The minimum atomic E-state index is -4.51. The van der Waals surface area contributed by atoms with Gasteiger partial charge >= 0.3 is 6.18 Å². The van der Waals surface area contributed by atoms with Gasteiger partial charge in [-0.3, -0.25) is 4.79 Å². The highest BCUT2D eigenvalue weighted by Crippen LogP contribution is 2.19. The van der Waals surface area contributed by atoms with E-state index in [1.807, 2.05) is 13.8 Å². The highest BCUT2D eigenvalue weighted by molar-refractivity contribution is 6.32. The standard InChI is InChI=1S/C10H13ClF3N3O/c1-6(2)3-15-7-4-16-17(5-10(12,13)14)9(18)8(7)11/h4,6,15H,3,5H2,1-2H3. The summed E-state index contributed by atoms with van der Waals surface area (Å²) in [6, 6.07) is 0. The maximum atomic E-state index is 12.1. The first-order chi connectivity index (χ1) is 8.20. The van der Waals surface area contributed by atoms with E-state index in [2.05, 4.69) is 10.4 Å². The zero-order chi connectivity index (χ0) is 13.9. The van der Waals surface area contributed by atoms with Gasteiger partial charge in [0.05, 0.1) is 11.9 Å². The van der Waals surface area contributed by atoms with Gasteiger partial charge in [0.15, 0.2) is 0 Å². The second kappa shape index (κ2) is 5.60. The molecule has 0 radical (unpaired) electrons. The number of halogens is 4. The molecule has 0 bridgehead atoms. The minimum absolute atomic E-state index is 0.244. The largest absolute Gasteiger partial charge is 0.408 e. The summed E-state index contributed by atoms with van der Waals surface area (Å²) in [5, 5.41) is 6.01. The number of aromatic nitrogens is 2.